The van der Waals surface area contributed by atoms with Crippen molar-refractivity contribution in [2.75, 3.05) is 17.2 Å². The number of nitrogens with zero attached hydrogens (tertiary/aromatic N) is 3. The third-order valence-electron chi connectivity index (χ3n) is 6.78. The molecule has 1 N–H and O–H groups in total. The Kier molecular flexibility index (Phi) is 6.49. The Morgan fingerprint density at radius 3 is 2.58 bits per heavy atom. The number of amides is 2. The highest BCUT2D eigenvalue weighted by Gasteiger charge is 2.38. The molecule has 1 aliphatic heterocycles. The highest BCUT2D eigenvalue weighted by Crippen LogP contribution is 2.48. The molecule has 0 radical (unpaired) electrons. The minimum absolute atomic E-state index is 0.107. The minimum Gasteiger partial charge on any atom is -0.352 e. The van der Waals surface area contributed by atoms with Crippen molar-refractivity contribution < 1.29 is 14.0 Å². The molecule has 1 atom stereocenters. The zero-order valence-corrected chi connectivity index (χ0v) is 21.7. The quantitative estimate of drug-likeness (QED) is 0.364. The maximum atomic E-state index is 14.4. The van der Waals surface area contributed by atoms with Gasteiger partial charge in [0.2, 0.25) is 11.8 Å². The zero-order chi connectivity index (χ0) is 26.2. The van der Waals surface area contributed by atoms with Crippen molar-refractivity contribution >= 4 is 29.4 Å². The normalized spacial score (nSPS) is 17.2. The van der Waals surface area contributed by atoms with Crippen LogP contribution in [0.25, 0.3) is 16.9 Å². The van der Waals surface area contributed by atoms with Crippen molar-refractivity contribution in [3.63, 3.8) is 0 Å². The lowest BCUT2D eigenvalue weighted by Gasteiger charge is -2.23. The largest absolute Gasteiger partial charge is 0.352 e. The number of hydrogen-bond donors (Lipinski definition) is 1. The van der Waals surface area contributed by atoms with Crippen LogP contribution in [0.1, 0.15) is 34.8 Å². The molecule has 3 aromatic carbocycles. The summed E-state index contributed by atoms with van der Waals surface area (Å²) in [4.78, 5) is 28.2. The molecule has 1 aromatic heterocycles. The Hall–Kier alpha value is -3.91. The molecular formula is C30H27FN4O2S. The van der Waals surface area contributed by atoms with Crippen molar-refractivity contribution in [3.8, 4) is 16.9 Å². The number of nitrogens with one attached hydrogen (secondary N) is 1. The molecule has 4 aromatic rings. The lowest BCUT2D eigenvalue weighted by Crippen LogP contribution is -2.43. The Labute approximate surface area is 224 Å². The molecule has 6 nitrogen and oxygen atoms in total. The number of aryl methyl sites for hydroxylation is 1. The number of halogens is 1. The summed E-state index contributed by atoms with van der Waals surface area (Å²) in [6.45, 7) is 1.89. The number of carbonyl (C=O) groups excluding carboxylic acids is 2. The Bertz CT molecular complexity index is 1520. The highest BCUT2D eigenvalue weighted by molar-refractivity contribution is 8.00. The molecule has 0 spiro atoms. The monoisotopic (exact) mass is 526 g/mol. The van der Waals surface area contributed by atoms with E-state index in [0.29, 0.717) is 11.5 Å². The second kappa shape index (κ2) is 10.1. The molecule has 1 saturated carbocycles. The summed E-state index contributed by atoms with van der Waals surface area (Å²) in [7, 11) is 0. The average Bonchev–Trinajstić information content (AvgIpc) is 3.66. The molecule has 6 rings (SSSR count). The van der Waals surface area contributed by atoms with Gasteiger partial charge in [0.15, 0.2) is 0 Å². The van der Waals surface area contributed by atoms with E-state index < -0.39 is 0 Å². The summed E-state index contributed by atoms with van der Waals surface area (Å²) in [5.74, 6) is -0.0270. The van der Waals surface area contributed by atoms with Crippen LogP contribution < -0.4 is 10.2 Å². The fourth-order valence-corrected chi connectivity index (χ4v) is 6.03. The van der Waals surface area contributed by atoms with Gasteiger partial charge in [-0.2, -0.15) is 5.10 Å². The Morgan fingerprint density at radius 2 is 1.84 bits per heavy atom. The molecule has 0 unspecified atom stereocenters. The number of rotatable bonds is 6. The second-order valence-electron chi connectivity index (χ2n) is 9.77. The van der Waals surface area contributed by atoms with Crippen LogP contribution in [0.4, 0.5) is 10.2 Å². The van der Waals surface area contributed by atoms with Gasteiger partial charge in [-0.05, 0) is 55.2 Å². The number of aromatic nitrogens is 2. The molecule has 0 saturated heterocycles. The molecule has 2 aliphatic rings. The van der Waals surface area contributed by atoms with Gasteiger partial charge in [0, 0.05) is 17.2 Å². The Morgan fingerprint density at radius 1 is 1.05 bits per heavy atom. The molecular weight excluding hydrogens is 499 g/mol. The number of fused-ring (bicyclic) bond motifs is 1. The highest BCUT2D eigenvalue weighted by atomic mass is 32.2. The van der Waals surface area contributed by atoms with E-state index in [1.54, 1.807) is 15.6 Å². The SMILES string of the molecule is Cc1cccc(-n2nc(-c3ccccc3)c3c2N(CC(=O)NC2CC2)C(=O)CS[C@H]3c2cccc(F)c2)c1. The summed E-state index contributed by atoms with van der Waals surface area (Å²) in [5, 5.41) is 7.71. The molecule has 8 heteroatoms. The van der Waals surface area contributed by atoms with Gasteiger partial charge in [-0.25, -0.2) is 9.07 Å². The van der Waals surface area contributed by atoms with E-state index in [9.17, 15) is 14.0 Å². The van der Waals surface area contributed by atoms with E-state index >= 15 is 0 Å². The number of carbonyl (C=O) groups is 2. The van der Waals surface area contributed by atoms with Gasteiger partial charge in [-0.1, -0.05) is 54.6 Å². The number of thioether (sulfide) groups is 1. The van der Waals surface area contributed by atoms with Crippen molar-refractivity contribution in [1.82, 2.24) is 15.1 Å². The van der Waals surface area contributed by atoms with Crippen LogP contribution >= 0.6 is 11.8 Å². The second-order valence-corrected chi connectivity index (χ2v) is 10.9. The molecule has 192 valence electrons. The first-order valence-corrected chi connectivity index (χ1v) is 13.7. The number of benzene rings is 3. The Balaban J connectivity index is 1.61. The van der Waals surface area contributed by atoms with E-state index in [1.165, 1.54) is 23.9 Å². The summed E-state index contributed by atoms with van der Waals surface area (Å²) in [6.07, 6.45) is 1.92. The zero-order valence-electron chi connectivity index (χ0n) is 20.9. The van der Waals surface area contributed by atoms with E-state index in [1.807, 2.05) is 67.6 Å². The fraction of sp³-hybridized carbons (Fsp3) is 0.233. The van der Waals surface area contributed by atoms with Crippen LogP contribution in [0.5, 0.6) is 0 Å². The fourth-order valence-electron chi connectivity index (χ4n) is 4.85. The topological polar surface area (TPSA) is 67.2 Å². The van der Waals surface area contributed by atoms with Gasteiger partial charge in [0.05, 0.1) is 22.4 Å². The van der Waals surface area contributed by atoms with Crippen molar-refractivity contribution in [3.05, 3.63) is 101 Å². The van der Waals surface area contributed by atoms with E-state index in [0.717, 1.165) is 40.8 Å². The first-order chi connectivity index (χ1) is 18.5. The van der Waals surface area contributed by atoms with E-state index in [2.05, 4.69) is 5.32 Å². The van der Waals surface area contributed by atoms with E-state index in [-0.39, 0.29) is 41.2 Å². The molecule has 2 amide bonds. The van der Waals surface area contributed by atoms with Crippen molar-refractivity contribution in [2.24, 2.45) is 0 Å². The van der Waals surface area contributed by atoms with Crippen molar-refractivity contribution in [1.29, 1.82) is 0 Å². The van der Waals surface area contributed by atoms with Crippen LogP contribution in [0.3, 0.4) is 0 Å². The van der Waals surface area contributed by atoms with Gasteiger partial charge in [-0.3, -0.25) is 14.5 Å². The smallest absolute Gasteiger partial charge is 0.240 e. The molecule has 0 bridgehead atoms. The predicted octanol–water partition coefficient (Wildman–Crippen LogP) is 5.43. The van der Waals surface area contributed by atoms with Crippen LogP contribution in [-0.4, -0.2) is 39.9 Å². The summed E-state index contributed by atoms with van der Waals surface area (Å²) in [6, 6.07) is 24.4. The van der Waals surface area contributed by atoms with Crippen LogP contribution in [-0.2, 0) is 9.59 Å². The standard InChI is InChI=1S/C30H27FN4O2S/c1-19-7-5-12-24(15-19)35-30-27(28(33-35)20-8-3-2-4-9-20)29(21-10-6-11-22(31)16-21)38-18-26(37)34(30)17-25(36)32-23-13-14-23/h2-12,15-16,23,29H,13-14,17-18H2,1H3,(H,32,36)/t29-/m0/s1. The third-order valence-corrected chi connectivity index (χ3v) is 8.03. The molecule has 1 fully saturated rings. The maximum absolute atomic E-state index is 14.4. The molecule has 1 aliphatic carbocycles. The predicted molar refractivity (Wildman–Crippen MR) is 148 cm³/mol. The van der Waals surface area contributed by atoms with Crippen LogP contribution in [0.15, 0.2) is 78.9 Å². The van der Waals surface area contributed by atoms with Crippen LogP contribution in [0.2, 0.25) is 0 Å². The van der Waals surface area contributed by atoms with E-state index in [4.69, 9.17) is 5.10 Å². The van der Waals surface area contributed by atoms with Gasteiger partial charge in [0.25, 0.3) is 0 Å². The van der Waals surface area contributed by atoms with Crippen LogP contribution in [0, 0.1) is 12.7 Å². The third kappa shape index (κ3) is 4.84. The summed E-state index contributed by atoms with van der Waals surface area (Å²) >= 11 is 1.43. The van der Waals surface area contributed by atoms with Gasteiger partial charge < -0.3 is 5.32 Å². The lowest BCUT2D eigenvalue weighted by atomic mass is 9.99. The van der Waals surface area contributed by atoms with Gasteiger partial charge in [0.1, 0.15) is 18.2 Å². The number of anilines is 1. The van der Waals surface area contributed by atoms with Gasteiger partial charge >= 0.3 is 0 Å². The lowest BCUT2D eigenvalue weighted by molar-refractivity contribution is -0.123. The average molecular weight is 527 g/mol. The first kappa shape index (κ1) is 24.4. The maximum Gasteiger partial charge on any atom is 0.240 e. The van der Waals surface area contributed by atoms with Crippen molar-refractivity contribution in [2.45, 2.75) is 31.1 Å². The minimum atomic E-state index is -0.366. The first-order valence-electron chi connectivity index (χ1n) is 12.7. The molecule has 2 heterocycles. The summed E-state index contributed by atoms with van der Waals surface area (Å²) < 4.78 is 16.2. The molecule has 38 heavy (non-hydrogen) atoms. The number of hydrogen-bond acceptors (Lipinski definition) is 4. The van der Waals surface area contributed by atoms with Gasteiger partial charge in [-0.15, -0.1) is 11.8 Å². The summed E-state index contributed by atoms with van der Waals surface area (Å²) in [5.41, 5.74) is 4.95.